The molecule has 168 valence electrons. The highest BCUT2D eigenvalue weighted by Crippen LogP contribution is 2.38. The molecule has 8 heteroatoms. The number of nitrogens with zero attached hydrogens (tertiary/aromatic N) is 2. The molecule has 0 aliphatic carbocycles. The Kier molecular flexibility index (Phi) is 6.26. The van der Waals surface area contributed by atoms with Crippen LogP contribution in [0.3, 0.4) is 0 Å². The maximum atomic E-state index is 13.5. The summed E-state index contributed by atoms with van der Waals surface area (Å²) in [6, 6.07) is 10.7. The zero-order valence-corrected chi connectivity index (χ0v) is 19.7. The van der Waals surface area contributed by atoms with Crippen LogP contribution in [0.4, 0.5) is 19.0 Å². The normalized spacial score (nSPS) is 13.2. The van der Waals surface area contributed by atoms with Crippen molar-refractivity contribution in [3.63, 3.8) is 0 Å². The van der Waals surface area contributed by atoms with E-state index in [2.05, 4.69) is 39.0 Å². The van der Waals surface area contributed by atoms with Crippen LogP contribution >= 0.6 is 0 Å². The van der Waals surface area contributed by atoms with Crippen molar-refractivity contribution in [2.24, 2.45) is 0 Å². The number of nitrogen functional groups attached to an aromatic ring is 1. The quantitative estimate of drug-likeness (QED) is 0.336. The zero-order valence-electron chi connectivity index (χ0n) is 18.7. The van der Waals surface area contributed by atoms with Gasteiger partial charge in [0.05, 0.1) is 11.1 Å². The summed E-state index contributed by atoms with van der Waals surface area (Å²) in [7, 11) is -1.83. The Morgan fingerprint density at radius 1 is 1.06 bits per heavy atom. The number of benzene rings is 2. The van der Waals surface area contributed by atoms with E-state index in [-0.39, 0.29) is 10.6 Å². The molecular weight excluding hydrogens is 419 g/mol. The highest BCUT2D eigenvalue weighted by molar-refractivity contribution is 6.74. The van der Waals surface area contributed by atoms with Crippen molar-refractivity contribution in [3.05, 3.63) is 48.0 Å². The SMILES string of the molecule is CC(C)(C)[Si](C)(C)OCCCn1nc(N)c2ccc(-c3ccccc3C(F)(F)F)cc21. The minimum atomic E-state index is -4.42. The third-order valence-corrected chi connectivity index (χ3v) is 10.6. The molecule has 0 aliphatic rings. The number of hydrogen-bond acceptors (Lipinski definition) is 3. The molecule has 2 N–H and O–H groups in total. The molecule has 1 aromatic heterocycles. The van der Waals surface area contributed by atoms with Crippen molar-refractivity contribution in [2.45, 2.75) is 58.0 Å². The van der Waals surface area contributed by atoms with Gasteiger partial charge >= 0.3 is 6.18 Å². The minimum absolute atomic E-state index is 0.136. The minimum Gasteiger partial charge on any atom is -0.417 e. The predicted octanol–water partition coefficient (Wildman–Crippen LogP) is 6.72. The van der Waals surface area contributed by atoms with Crippen LogP contribution in [0, 0.1) is 0 Å². The molecule has 0 saturated heterocycles. The lowest BCUT2D eigenvalue weighted by atomic mass is 9.98. The van der Waals surface area contributed by atoms with Crippen LogP contribution in [0.25, 0.3) is 22.0 Å². The smallest absolute Gasteiger partial charge is 0.417 e. The van der Waals surface area contributed by atoms with Gasteiger partial charge < -0.3 is 10.2 Å². The van der Waals surface area contributed by atoms with Gasteiger partial charge in [-0.25, -0.2) is 0 Å². The summed E-state index contributed by atoms with van der Waals surface area (Å²) in [5.41, 5.74) is 6.75. The van der Waals surface area contributed by atoms with E-state index in [1.54, 1.807) is 28.9 Å². The van der Waals surface area contributed by atoms with Gasteiger partial charge in [-0.05, 0) is 53.9 Å². The Balaban J connectivity index is 1.86. The van der Waals surface area contributed by atoms with E-state index in [1.807, 2.05) is 0 Å². The molecular formula is C23H30F3N3OSi. The van der Waals surface area contributed by atoms with E-state index in [4.69, 9.17) is 10.2 Å². The Morgan fingerprint density at radius 2 is 1.74 bits per heavy atom. The molecule has 0 fully saturated rings. The van der Waals surface area contributed by atoms with Crippen LogP contribution in [0.2, 0.25) is 18.1 Å². The molecule has 4 nitrogen and oxygen atoms in total. The van der Waals surface area contributed by atoms with Gasteiger partial charge in [0, 0.05) is 18.5 Å². The van der Waals surface area contributed by atoms with Crippen LogP contribution in [0.15, 0.2) is 42.5 Å². The Morgan fingerprint density at radius 3 is 2.39 bits per heavy atom. The molecule has 0 amide bonds. The summed E-state index contributed by atoms with van der Waals surface area (Å²) < 4.78 is 48.4. The summed E-state index contributed by atoms with van der Waals surface area (Å²) in [6.45, 7) is 12.2. The fraction of sp³-hybridized carbons (Fsp3) is 0.435. The first-order valence-corrected chi connectivity index (χ1v) is 13.3. The lowest BCUT2D eigenvalue weighted by molar-refractivity contribution is -0.137. The van der Waals surface area contributed by atoms with E-state index in [9.17, 15) is 13.2 Å². The number of rotatable bonds is 6. The van der Waals surface area contributed by atoms with E-state index in [1.165, 1.54) is 12.1 Å². The summed E-state index contributed by atoms with van der Waals surface area (Å²) in [5, 5.41) is 5.28. The molecule has 0 saturated carbocycles. The number of hydrogen-bond donors (Lipinski definition) is 1. The number of halogens is 3. The van der Waals surface area contributed by atoms with Gasteiger partial charge in [-0.2, -0.15) is 18.3 Å². The number of alkyl halides is 3. The predicted molar refractivity (Wildman–Crippen MR) is 122 cm³/mol. The monoisotopic (exact) mass is 449 g/mol. The Hall–Kier alpha value is -2.32. The van der Waals surface area contributed by atoms with Crippen molar-refractivity contribution >= 4 is 25.0 Å². The van der Waals surface area contributed by atoms with Crippen LogP contribution in [0.1, 0.15) is 32.8 Å². The number of aryl methyl sites for hydroxylation is 1. The fourth-order valence-electron chi connectivity index (χ4n) is 3.28. The summed E-state index contributed by atoms with van der Waals surface area (Å²) >= 11 is 0. The summed E-state index contributed by atoms with van der Waals surface area (Å²) in [4.78, 5) is 0. The van der Waals surface area contributed by atoms with Gasteiger partial charge in [0.1, 0.15) is 0 Å². The van der Waals surface area contributed by atoms with Crippen molar-refractivity contribution in [1.29, 1.82) is 0 Å². The lowest BCUT2D eigenvalue weighted by Crippen LogP contribution is -2.41. The van der Waals surface area contributed by atoms with Crippen LogP contribution in [-0.4, -0.2) is 24.7 Å². The van der Waals surface area contributed by atoms with Gasteiger partial charge in [-0.15, -0.1) is 0 Å². The van der Waals surface area contributed by atoms with Gasteiger partial charge in [0.25, 0.3) is 0 Å². The standard InChI is InChI=1S/C23H30F3N3OSi/c1-22(2,3)31(4,5)30-14-8-13-29-20-15-16(11-12-18(20)21(27)28-29)17-9-6-7-10-19(17)23(24,25)26/h6-7,9-12,15H,8,13-14H2,1-5H3,(H2,27,28). The first-order valence-electron chi connectivity index (χ1n) is 10.4. The van der Waals surface area contributed by atoms with E-state index in [0.717, 1.165) is 23.4 Å². The third-order valence-electron chi connectivity index (χ3n) is 6.11. The highest BCUT2D eigenvalue weighted by Gasteiger charge is 2.37. The van der Waals surface area contributed by atoms with Crippen LogP contribution in [0.5, 0.6) is 0 Å². The van der Waals surface area contributed by atoms with Crippen molar-refractivity contribution in [3.8, 4) is 11.1 Å². The molecule has 1 heterocycles. The van der Waals surface area contributed by atoms with E-state index < -0.39 is 20.1 Å². The van der Waals surface area contributed by atoms with Gasteiger partial charge in [0.2, 0.25) is 0 Å². The number of aromatic nitrogens is 2. The molecule has 0 radical (unpaired) electrons. The number of nitrogens with two attached hydrogens (primary N) is 1. The first-order chi connectivity index (χ1) is 14.3. The highest BCUT2D eigenvalue weighted by atomic mass is 28.4. The molecule has 3 aromatic rings. The van der Waals surface area contributed by atoms with Gasteiger partial charge in [0.15, 0.2) is 14.1 Å². The lowest BCUT2D eigenvalue weighted by Gasteiger charge is -2.36. The maximum absolute atomic E-state index is 13.5. The van der Waals surface area contributed by atoms with Crippen molar-refractivity contribution in [2.75, 3.05) is 12.3 Å². The maximum Gasteiger partial charge on any atom is 0.417 e. The average Bonchev–Trinajstić information content (AvgIpc) is 2.99. The first kappa shape index (κ1) is 23.3. The number of fused-ring (bicyclic) bond motifs is 1. The molecule has 3 rings (SSSR count). The van der Waals surface area contributed by atoms with Crippen LogP contribution in [-0.2, 0) is 17.1 Å². The third kappa shape index (κ3) is 4.96. The molecule has 0 aliphatic heterocycles. The Bertz CT molecular complexity index is 1070. The van der Waals surface area contributed by atoms with Gasteiger partial charge in [-0.1, -0.05) is 45.0 Å². The van der Waals surface area contributed by atoms with E-state index >= 15 is 0 Å². The second-order valence-electron chi connectivity index (χ2n) is 9.35. The molecule has 2 aromatic carbocycles. The second-order valence-corrected chi connectivity index (χ2v) is 14.2. The topological polar surface area (TPSA) is 53.1 Å². The molecule has 0 atom stereocenters. The van der Waals surface area contributed by atoms with Crippen LogP contribution < -0.4 is 5.73 Å². The van der Waals surface area contributed by atoms with E-state index in [0.29, 0.717) is 24.5 Å². The summed E-state index contributed by atoms with van der Waals surface area (Å²) in [6.07, 6.45) is -3.68. The molecule has 0 unspecified atom stereocenters. The van der Waals surface area contributed by atoms with Crippen molar-refractivity contribution in [1.82, 2.24) is 9.78 Å². The van der Waals surface area contributed by atoms with Crippen molar-refractivity contribution < 1.29 is 17.6 Å². The Labute approximate surface area is 182 Å². The molecule has 0 bridgehead atoms. The number of anilines is 1. The second kappa shape index (κ2) is 8.31. The fourth-order valence-corrected chi connectivity index (χ4v) is 4.37. The summed E-state index contributed by atoms with van der Waals surface area (Å²) in [5.74, 6) is 0.371. The average molecular weight is 450 g/mol. The molecule has 0 spiro atoms. The molecule has 31 heavy (non-hydrogen) atoms. The van der Waals surface area contributed by atoms with Gasteiger partial charge in [-0.3, -0.25) is 4.68 Å². The largest absolute Gasteiger partial charge is 0.417 e. The zero-order chi connectivity index (χ0) is 23.0.